The first kappa shape index (κ1) is 33.8. The third kappa shape index (κ3) is 6.05. The predicted molar refractivity (Wildman–Crippen MR) is 191 cm³/mol. The first-order chi connectivity index (χ1) is 23.2. The van der Waals surface area contributed by atoms with Crippen LogP contribution in [0.3, 0.4) is 0 Å². The normalized spacial score (nSPS) is 11.7. The van der Waals surface area contributed by atoms with E-state index in [1.807, 2.05) is 91.8 Å². The van der Waals surface area contributed by atoms with Gasteiger partial charge in [-0.3, -0.25) is 9.97 Å². The van der Waals surface area contributed by atoms with E-state index in [0.29, 0.717) is 33.9 Å². The Morgan fingerprint density at radius 1 is 0.449 bits per heavy atom. The van der Waals surface area contributed by atoms with Crippen molar-refractivity contribution in [3.8, 4) is 44.8 Å². The van der Waals surface area contributed by atoms with E-state index in [1.165, 1.54) is 24.3 Å². The fourth-order valence-electron chi connectivity index (χ4n) is 7.10. The molecule has 6 heteroatoms. The molecule has 0 bridgehead atoms. The lowest BCUT2D eigenvalue weighted by Crippen LogP contribution is -2.22. The van der Waals surface area contributed by atoms with Crippen LogP contribution in [0.1, 0.15) is 58.6 Å². The van der Waals surface area contributed by atoms with Crippen LogP contribution in [0.2, 0.25) is 0 Å². The van der Waals surface area contributed by atoms with Gasteiger partial charge in [-0.1, -0.05) is 47.5 Å². The second kappa shape index (κ2) is 12.7. The Kier molecular flexibility index (Phi) is 8.78. The molecule has 2 aromatic heterocycles. The third-order valence-corrected chi connectivity index (χ3v) is 9.37. The number of hydrogen-bond acceptors (Lipinski definition) is 2. The summed E-state index contributed by atoms with van der Waals surface area (Å²) in [6.07, 6.45) is 0. The molecule has 0 fully saturated rings. The van der Waals surface area contributed by atoms with Crippen molar-refractivity contribution < 1.29 is 17.6 Å². The van der Waals surface area contributed by atoms with Gasteiger partial charge in [0.2, 0.25) is 0 Å². The minimum atomic E-state index is -0.807. The summed E-state index contributed by atoms with van der Waals surface area (Å²) < 4.78 is 63.1. The van der Waals surface area contributed by atoms with Crippen LogP contribution >= 0.6 is 0 Å². The van der Waals surface area contributed by atoms with Crippen molar-refractivity contribution in [1.29, 1.82) is 0 Å². The standard InChI is InChI=1S/C43H38F4N2/c1-23-19-25(3)37(26(4)20-23)39-31(44)17-15-29(41(39)46)33-11-9-13-35(48-33)43(7,8)36-14-10-12-34(49-36)30-16-18-32(45)40(42(30)47)38-27(5)21-24(2)22-28(38)6/h9-22H,1-8H3. The first-order valence-electron chi connectivity index (χ1n) is 16.3. The second-order valence-electron chi connectivity index (χ2n) is 13.6. The first-order valence-corrected chi connectivity index (χ1v) is 16.3. The van der Waals surface area contributed by atoms with Crippen molar-refractivity contribution in [3.05, 3.63) is 153 Å². The fourth-order valence-corrected chi connectivity index (χ4v) is 7.10. The van der Waals surface area contributed by atoms with Crippen molar-refractivity contribution in [2.24, 2.45) is 0 Å². The zero-order chi connectivity index (χ0) is 35.4. The van der Waals surface area contributed by atoms with Crippen LogP contribution in [-0.2, 0) is 5.41 Å². The monoisotopic (exact) mass is 658 g/mol. The maximum Gasteiger partial charge on any atom is 0.143 e. The molecule has 2 heterocycles. The molecule has 0 N–H and O–H groups in total. The summed E-state index contributed by atoms with van der Waals surface area (Å²) in [5, 5.41) is 0. The smallest absolute Gasteiger partial charge is 0.143 e. The molecule has 4 aromatic carbocycles. The molecule has 0 aliphatic carbocycles. The van der Waals surface area contributed by atoms with Crippen molar-refractivity contribution >= 4 is 0 Å². The summed E-state index contributed by atoms with van der Waals surface area (Å²) in [5.41, 5.74) is 7.52. The van der Waals surface area contributed by atoms with Crippen molar-refractivity contribution in [2.45, 2.75) is 60.8 Å². The van der Waals surface area contributed by atoms with Gasteiger partial charge >= 0.3 is 0 Å². The third-order valence-electron chi connectivity index (χ3n) is 9.37. The summed E-state index contributed by atoms with van der Waals surface area (Å²) in [5.74, 6) is -2.64. The average Bonchev–Trinajstić information content (AvgIpc) is 3.03. The summed E-state index contributed by atoms with van der Waals surface area (Å²) >= 11 is 0. The van der Waals surface area contributed by atoms with E-state index in [4.69, 9.17) is 9.97 Å². The Hall–Kier alpha value is -5.10. The van der Waals surface area contributed by atoms with Crippen LogP contribution in [0.25, 0.3) is 44.8 Å². The second-order valence-corrected chi connectivity index (χ2v) is 13.6. The van der Waals surface area contributed by atoms with Crippen molar-refractivity contribution in [2.75, 3.05) is 0 Å². The van der Waals surface area contributed by atoms with Gasteiger partial charge in [0, 0.05) is 16.5 Å². The molecule has 248 valence electrons. The SMILES string of the molecule is Cc1cc(C)c(-c2c(F)ccc(-c3cccc(C(C)(C)c4cccc(-c5ccc(F)c(-c6c(C)cc(C)cc6C)c5F)n4)n3)c2F)c(C)c1. The molecule has 0 spiro atoms. The van der Waals surface area contributed by atoms with Gasteiger partial charge in [-0.15, -0.1) is 0 Å². The molecule has 0 saturated carbocycles. The fraction of sp³-hybridized carbons (Fsp3) is 0.209. The molecule has 6 rings (SSSR count). The van der Waals surface area contributed by atoms with Crippen LogP contribution < -0.4 is 0 Å². The number of nitrogens with zero attached hydrogens (tertiary/aromatic N) is 2. The van der Waals surface area contributed by atoms with Crippen molar-refractivity contribution in [3.63, 3.8) is 0 Å². The number of benzene rings is 4. The number of pyridine rings is 2. The Balaban J connectivity index is 1.42. The lowest BCUT2D eigenvalue weighted by molar-refractivity contribution is 0.586. The van der Waals surface area contributed by atoms with E-state index >= 15 is 17.6 Å². The predicted octanol–water partition coefficient (Wildman–Crippen LogP) is 11.9. The van der Waals surface area contributed by atoms with E-state index < -0.39 is 28.7 Å². The quantitative estimate of drug-likeness (QED) is 0.166. The van der Waals surface area contributed by atoms with Gasteiger partial charge in [-0.05, 0) is 137 Å². The Labute approximate surface area is 285 Å². The lowest BCUT2D eigenvalue weighted by atomic mass is 9.84. The van der Waals surface area contributed by atoms with E-state index in [0.717, 1.165) is 33.4 Å². The van der Waals surface area contributed by atoms with Gasteiger partial charge < -0.3 is 0 Å². The molecule has 0 aliphatic rings. The lowest BCUT2D eigenvalue weighted by Gasteiger charge is -2.25. The highest BCUT2D eigenvalue weighted by Crippen LogP contribution is 2.40. The molecule has 0 amide bonds. The van der Waals surface area contributed by atoms with E-state index in [2.05, 4.69) is 0 Å². The molecule has 0 atom stereocenters. The Morgan fingerprint density at radius 2 is 0.796 bits per heavy atom. The zero-order valence-corrected chi connectivity index (χ0v) is 29.0. The number of hydrogen-bond donors (Lipinski definition) is 0. The Morgan fingerprint density at radius 3 is 1.14 bits per heavy atom. The molecule has 0 radical (unpaired) electrons. The van der Waals surface area contributed by atoms with Crippen LogP contribution in [-0.4, -0.2) is 9.97 Å². The highest BCUT2D eigenvalue weighted by molar-refractivity contribution is 5.79. The summed E-state index contributed by atoms with van der Waals surface area (Å²) in [7, 11) is 0. The van der Waals surface area contributed by atoms with E-state index in [9.17, 15) is 0 Å². The minimum absolute atomic E-state index is 0.0787. The molecular weight excluding hydrogens is 620 g/mol. The van der Waals surface area contributed by atoms with Crippen LogP contribution in [0, 0.1) is 64.8 Å². The maximum absolute atomic E-state index is 16.3. The van der Waals surface area contributed by atoms with Gasteiger partial charge in [0.05, 0.1) is 33.9 Å². The maximum atomic E-state index is 16.3. The van der Waals surface area contributed by atoms with Crippen LogP contribution in [0.4, 0.5) is 17.6 Å². The number of halogens is 4. The van der Waals surface area contributed by atoms with Gasteiger partial charge in [0.1, 0.15) is 23.3 Å². The number of rotatable bonds is 6. The topological polar surface area (TPSA) is 25.8 Å². The zero-order valence-electron chi connectivity index (χ0n) is 29.0. The molecule has 0 unspecified atom stereocenters. The number of aromatic nitrogens is 2. The molecule has 6 aromatic rings. The van der Waals surface area contributed by atoms with Gasteiger partial charge in [0.25, 0.3) is 0 Å². The van der Waals surface area contributed by atoms with E-state index in [-0.39, 0.29) is 22.3 Å². The largest absolute Gasteiger partial charge is 0.252 e. The van der Waals surface area contributed by atoms with Gasteiger partial charge in [-0.25, -0.2) is 17.6 Å². The highest BCUT2D eigenvalue weighted by Gasteiger charge is 2.29. The molecule has 49 heavy (non-hydrogen) atoms. The van der Waals surface area contributed by atoms with E-state index in [1.54, 1.807) is 24.3 Å². The van der Waals surface area contributed by atoms with Crippen LogP contribution in [0.5, 0.6) is 0 Å². The molecule has 0 aliphatic heterocycles. The molecule has 0 saturated heterocycles. The average molecular weight is 659 g/mol. The Bertz CT molecular complexity index is 2060. The van der Waals surface area contributed by atoms with Crippen molar-refractivity contribution in [1.82, 2.24) is 9.97 Å². The summed E-state index contributed by atoms with van der Waals surface area (Å²) in [4.78, 5) is 9.72. The highest BCUT2D eigenvalue weighted by atomic mass is 19.1. The number of aryl methyl sites for hydroxylation is 6. The minimum Gasteiger partial charge on any atom is -0.252 e. The van der Waals surface area contributed by atoms with Gasteiger partial charge in [0.15, 0.2) is 0 Å². The molecule has 2 nitrogen and oxygen atoms in total. The summed E-state index contributed by atoms with van der Waals surface area (Å²) in [6, 6.07) is 23.7. The molecular formula is C43H38F4N2. The van der Waals surface area contributed by atoms with Crippen LogP contribution in [0.15, 0.2) is 84.9 Å². The summed E-state index contributed by atoms with van der Waals surface area (Å²) in [6.45, 7) is 15.2. The van der Waals surface area contributed by atoms with Gasteiger partial charge in [-0.2, -0.15) is 0 Å².